The van der Waals surface area contributed by atoms with E-state index < -0.39 is 71.8 Å². The largest absolute Gasteiger partial charge is 0.508 e. The minimum Gasteiger partial charge on any atom is -0.508 e. The molecule has 0 radical (unpaired) electrons. The number of hydrogen-bond acceptors (Lipinski definition) is 11. The number of hydrogen-bond donors (Lipinski definition) is 3. The number of carbonyl (C=O) groups excluding carboxylic acids is 5. The number of amides is 3. The molecule has 0 unspecified atom stereocenters. The highest BCUT2D eigenvalue weighted by molar-refractivity contribution is 5.95. The lowest BCUT2D eigenvalue weighted by molar-refractivity contribution is -0.164. The van der Waals surface area contributed by atoms with Crippen LogP contribution in [0.25, 0.3) is 0 Å². The van der Waals surface area contributed by atoms with Crippen molar-refractivity contribution in [1.29, 1.82) is 0 Å². The summed E-state index contributed by atoms with van der Waals surface area (Å²) < 4.78 is 16.3. The molecule has 0 heterocycles. The molecule has 6 atom stereocenters. The zero-order chi connectivity index (χ0) is 43.3. The van der Waals surface area contributed by atoms with Crippen molar-refractivity contribution < 1.29 is 48.4 Å². The number of phenolic OH excluding ortho intramolecular Hbond substituents is 2. The maximum Gasteiger partial charge on any atom is 0.328 e. The Hall–Kier alpha value is -5.63. The Morgan fingerprint density at radius 1 is 0.638 bits per heavy atom. The quantitative estimate of drug-likeness (QED) is 0.141. The highest BCUT2D eigenvalue weighted by Gasteiger charge is 2.40. The van der Waals surface area contributed by atoms with Crippen LogP contribution in [-0.2, 0) is 52.7 Å². The van der Waals surface area contributed by atoms with Gasteiger partial charge in [0.15, 0.2) is 6.10 Å². The summed E-state index contributed by atoms with van der Waals surface area (Å²) in [5.41, 5.74) is 2.15. The number of rotatable bonds is 20. The van der Waals surface area contributed by atoms with E-state index in [0.717, 1.165) is 5.56 Å². The van der Waals surface area contributed by atoms with Crippen LogP contribution in [0.5, 0.6) is 17.2 Å². The van der Waals surface area contributed by atoms with Gasteiger partial charge in [0.05, 0.1) is 14.2 Å². The van der Waals surface area contributed by atoms with E-state index in [1.54, 1.807) is 83.3 Å². The second-order valence-corrected chi connectivity index (χ2v) is 15.2. The first kappa shape index (κ1) is 46.8. The Morgan fingerprint density at radius 2 is 1.09 bits per heavy atom. The summed E-state index contributed by atoms with van der Waals surface area (Å²) in [7, 11) is 9.21. The number of nitrogens with one attached hydrogen (secondary N) is 1. The van der Waals surface area contributed by atoms with Gasteiger partial charge in [0, 0.05) is 32.9 Å². The molecule has 0 aliphatic carbocycles. The molecule has 0 spiro atoms. The second-order valence-electron chi connectivity index (χ2n) is 15.2. The van der Waals surface area contributed by atoms with Crippen LogP contribution in [0.15, 0.2) is 72.8 Å². The molecule has 0 saturated heterocycles. The van der Waals surface area contributed by atoms with Crippen LogP contribution in [-0.4, -0.2) is 127 Å². The smallest absolute Gasteiger partial charge is 0.328 e. The second kappa shape index (κ2) is 21.8. The Balaban J connectivity index is 1.92. The normalized spacial score (nSPS) is 14.3. The van der Waals surface area contributed by atoms with E-state index in [1.165, 1.54) is 55.3 Å². The van der Waals surface area contributed by atoms with Gasteiger partial charge >= 0.3 is 11.9 Å². The lowest BCUT2D eigenvalue weighted by atomic mass is 9.96. The van der Waals surface area contributed by atoms with Crippen molar-refractivity contribution in [2.75, 3.05) is 42.4 Å². The number of aromatic hydroxyl groups is 2. The van der Waals surface area contributed by atoms with E-state index in [4.69, 9.17) is 14.2 Å². The third-order valence-corrected chi connectivity index (χ3v) is 10.5. The summed E-state index contributed by atoms with van der Waals surface area (Å²) in [6, 6.07) is 15.6. The maximum absolute atomic E-state index is 14.5. The van der Waals surface area contributed by atoms with Gasteiger partial charge in [-0.05, 0) is 85.9 Å². The molecule has 0 fully saturated rings. The fourth-order valence-corrected chi connectivity index (χ4v) is 6.43. The van der Waals surface area contributed by atoms with Crippen LogP contribution in [0.3, 0.4) is 0 Å². The van der Waals surface area contributed by atoms with Crippen molar-refractivity contribution in [3.63, 3.8) is 0 Å². The molecular formula is C44H60N4O10. The van der Waals surface area contributed by atoms with Crippen molar-refractivity contribution >= 4 is 29.7 Å². The number of esters is 2. The van der Waals surface area contributed by atoms with Crippen molar-refractivity contribution in [2.45, 2.75) is 83.6 Å². The lowest BCUT2D eigenvalue weighted by Gasteiger charge is -2.36. The molecule has 3 aromatic rings. The molecule has 0 bridgehead atoms. The Bertz CT molecular complexity index is 1820. The zero-order valence-electron chi connectivity index (χ0n) is 35.3. The number of benzene rings is 3. The van der Waals surface area contributed by atoms with Gasteiger partial charge in [-0.15, -0.1) is 0 Å². The standard InChI is InChI=1S/C44H60N4O10/c1-11-28(4)39(58-44(55)36(46(5)6)25-31-16-22-34(56-9)23-17-31)40(51)45-38(27(2)3)42(53)47(7)35(24-29-12-18-32(49)19-13-29)41(52)48(8)37(43(54)57-10)26-30-14-20-33(50)21-15-30/h12-23,27-28,35-39,49-50H,11,24-26H2,1-10H3,(H,45,51)/t28-,35-,36+,37-,38-,39+/m1/s1. The van der Waals surface area contributed by atoms with Crippen LogP contribution in [0.2, 0.25) is 0 Å². The fraction of sp³-hybridized carbons (Fsp3) is 0.477. The SMILES string of the molecule is CC[C@@H](C)[C@H](OC(=O)[C@H](Cc1ccc(OC)cc1)N(C)C)C(=O)N[C@@H](C(=O)N(C)[C@H](Cc1ccc(O)cc1)C(=O)N(C)[C@H](Cc1ccc(O)cc1)C(=O)OC)C(C)C. The van der Waals surface area contributed by atoms with Gasteiger partial charge < -0.3 is 39.5 Å². The van der Waals surface area contributed by atoms with Crippen molar-refractivity contribution in [3.8, 4) is 17.2 Å². The summed E-state index contributed by atoms with van der Waals surface area (Å²) in [6.07, 6.45) is -0.341. The minimum absolute atomic E-state index is 0.00475. The molecular weight excluding hydrogens is 745 g/mol. The van der Waals surface area contributed by atoms with Gasteiger partial charge in [-0.1, -0.05) is 64.1 Å². The molecule has 3 rings (SSSR count). The highest BCUT2D eigenvalue weighted by atomic mass is 16.6. The van der Waals surface area contributed by atoms with E-state index in [9.17, 15) is 34.2 Å². The fourth-order valence-electron chi connectivity index (χ4n) is 6.43. The molecule has 3 amide bonds. The number of likely N-dealkylation sites (N-methyl/N-ethyl adjacent to an activating group) is 3. The molecule has 3 N–H and O–H groups in total. The van der Waals surface area contributed by atoms with Crippen LogP contribution in [0, 0.1) is 11.8 Å². The molecule has 0 saturated carbocycles. The van der Waals surface area contributed by atoms with Crippen LogP contribution in [0.1, 0.15) is 50.8 Å². The summed E-state index contributed by atoms with van der Waals surface area (Å²) in [5, 5.41) is 22.6. The molecule has 3 aromatic carbocycles. The summed E-state index contributed by atoms with van der Waals surface area (Å²) >= 11 is 0. The molecule has 316 valence electrons. The van der Waals surface area contributed by atoms with Crippen LogP contribution >= 0.6 is 0 Å². The molecule has 0 aliphatic heterocycles. The predicted octanol–water partition coefficient (Wildman–Crippen LogP) is 3.99. The molecule has 0 aliphatic rings. The topological polar surface area (TPSA) is 175 Å². The summed E-state index contributed by atoms with van der Waals surface area (Å²) in [4.78, 5) is 74.2. The van der Waals surface area contributed by atoms with E-state index in [0.29, 0.717) is 29.7 Å². The average molecular weight is 805 g/mol. The van der Waals surface area contributed by atoms with E-state index >= 15 is 0 Å². The highest BCUT2D eigenvalue weighted by Crippen LogP contribution is 2.22. The number of phenols is 2. The first-order valence-corrected chi connectivity index (χ1v) is 19.4. The van der Waals surface area contributed by atoms with E-state index in [1.807, 2.05) is 19.1 Å². The predicted molar refractivity (Wildman–Crippen MR) is 219 cm³/mol. The Labute approximate surface area is 342 Å². The van der Waals surface area contributed by atoms with Gasteiger partial charge in [0.25, 0.3) is 5.91 Å². The molecule has 58 heavy (non-hydrogen) atoms. The summed E-state index contributed by atoms with van der Waals surface area (Å²) in [6.45, 7) is 7.18. The van der Waals surface area contributed by atoms with Gasteiger partial charge in [0.2, 0.25) is 11.8 Å². The Kier molecular flexibility index (Phi) is 17.5. The Morgan fingerprint density at radius 3 is 1.52 bits per heavy atom. The molecule has 14 nitrogen and oxygen atoms in total. The van der Waals surface area contributed by atoms with Crippen molar-refractivity contribution in [2.24, 2.45) is 11.8 Å². The van der Waals surface area contributed by atoms with Gasteiger partial charge in [-0.25, -0.2) is 4.79 Å². The third-order valence-electron chi connectivity index (χ3n) is 10.5. The zero-order valence-corrected chi connectivity index (χ0v) is 35.3. The number of ether oxygens (including phenoxy) is 3. The number of nitrogens with zero attached hydrogens (tertiary/aromatic N) is 3. The van der Waals surface area contributed by atoms with Crippen LogP contribution < -0.4 is 10.1 Å². The van der Waals surface area contributed by atoms with Gasteiger partial charge in [-0.2, -0.15) is 0 Å². The van der Waals surface area contributed by atoms with Crippen molar-refractivity contribution in [3.05, 3.63) is 89.5 Å². The molecule has 14 heteroatoms. The first-order valence-electron chi connectivity index (χ1n) is 19.4. The first-order chi connectivity index (χ1) is 27.4. The number of carbonyl (C=O) groups is 5. The monoisotopic (exact) mass is 804 g/mol. The molecule has 0 aromatic heterocycles. The van der Waals surface area contributed by atoms with Gasteiger partial charge in [-0.3, -0.25) is 24.1 Å². The summed E-state index contributed by atoms with van der Waals surface area (Å²) in [5.74, 6) is -3.22. The van der Waals surface area contributed by atoms with Crippen molar-refractivity contribution in [1.82, 2.24) is 20.0 Å². The number of methoxy groups -OCH3 is 2. The minimum atomic E-state index is -1.23. The van der Waals surface area contributed by atoms with E-state index in [-0.39, 0.29) is 24.3 Å². The van der Waals surface area contributed by atoms with Crippen LogP contribution in [0.4, 0.5) is 0 Å². The average Bonchev–Trinajstić information content (AvgIpc) is 3.21. The lowest BCUT2D eigenvalue weighted by Crippen LogP contribution is -2.59. The van der Waals surface area contributed by atoms with E-state index in [2.05, 4.69) is 5.32 Å². The van der Waals surface area contributed by atoms with Gasteiger partial charge in [0.1, 0.15) is 41.4 Å². The maximum atomic E-state index is 14.5. The third kappa shape index (κ3) is 12.7.